The Hall–Kier alpha value is -3.61. The lowest BCUT2D eigenvalue weighted by molar-refractivity contribution is -0.114. The summed E-state index contributed by atoms with van der Waals surface area (Å²) in [7, 11) is 1.35. The van der Waals surface area contributed by atoms with Gasteiger partial charge in [-0.3, -0.25) is 4.79 Å². The van der Waals surface area contributed by atoms with Gasteiger partial charge in [0.2, 0.25) is 5.91 Å². The zero-order chi connectivity index (χ0) is 21.0. The Bertz CT molecular complexity index is 1040. The molecule has 29 heavy (non-hydrogen) atoms. The zero-order valence-electron chi connectivity index (χ0n) is 16.9. The number of nitrogens with one attached hydrogen (secondary N) is 2. The van der Waals surface area contributed by atoms with Crippen LogP contribution < -0.4 is 10.6 Å². The van der Waals surface area contributed by atoms with E-state index in [0.717, 1.165) is 28.3 Å². The Labute approximate surface area is 169 Å². The topological polar surface area (TPSA) is 85.2 Å². The lowest BCUT2D eigenvalue weighted by Gasteiger charge is -2.11. The molecule has 7 heteroatoms. The van der Waals surface area contributed by atoms with Gasteiger partial charge in [-0.25, -0.2) is 9.48 Å². The average Bonchev–Trinajstić information content (AvgIpc) is 3.01. The van der Waals surface area contributed by atoms with Crippen LogP contribution in [0.4, 0.5) is 11.4 Å². The SMILES string of the molecule is COC(=O)c1ccc(NCC(=O)Nc2c(C)nn(-c3ccccc3)c2C)c(C)c1. The Balaban J connectivity index is 1.68. The summed E-state index contributed by atoms with van der Waals surface area (Å²) in [6.07, 6.45) is 0. The normalized spacial score (nSPS) is 10.5. The van der Waals surface area contributed by atoms with Crippen LogP contribution in [-0.2, 0) is 9.53 Å². The number of anilines is 2. The van der Waals surface area contributed by atoms with E-state index in [2.05, 4.69) is 15.7 Å². The third kappa shape index (κ3) is 4.45. The predicted octanol–water partition coefficient (Wildman–Crippen LogP) is 3.63. The highest BCUT2D eigenvalue weighted by atomic mass is 16.5. The summed E-state index contributed by atoms with van der Waals surface area (Å²) >= 11 is 0. The first-order valence-electron chi connectivity index (χ1n) is 9.25. The fraction of sp³-hybridized carbons (Fsp3) is 0.227. The van der Waals surface area contributed by atoms with E-state index in [9.17, 15) is 9.59 Å². The molecule has 0 fully saturated rings. The molecule has 150 valence electrons. The van der Waals surface area contributed by atoms with E-state index in [1.165, 1.54) is 7.11 Å². The van der Waals surface area contributed by atoms with Crippen molar-refractivity contribution in [3.8, 4) is 5.69 Å². The molecule has 1 heterocycles. The van der Waals surface area contributed by atoms with Crippen molar-refractivity contribution in [2.45, 2.75) is 20.8 Å². The van der Waals surface area contributed by atoms with E-state index in [-0.39, 0.29) is 12.5 Å². The number of methoxy groups -OCH3 is 1. The number of rotatable bonds is 6. The molecule has 3 aromatic rings. The summed E-state index contributed by atoms with van der Waals surface area (Å²) in [6, 6.07) is 14.9. The maximum absolute atomic E-state index is 12.5. The van der Waals surface area contributed by atoms with E-state index in [4.69, 9.17) is 4.74 Å². The van der Waals surface area contributed by atoms with Crippen molar-refractivity contribution < 1.29 is 14.3 Å². The van der Waals surface area contributed by atoms with Gasteiger partial charge < -0.3 is 15.4 Å². The van der Waals surface area contributed by atoms with Crippen LogP contribution in [0.1, 0.15) is 27.3 Å². The first-order chi connectivity index (χ1) is 13.9. The first-order valence-corrected chi connectivity index (χ1v) is 9.25. The third-order valence-electron chi connectivity index (χ3n) is 4.64. The maximum Gasteiger partial charge on any atom is 0.337 e. The number of amides is 1. The fourth-order valence-corrected chi connectivity index (χ4v) is 3.11. The van der Waals surface area contributed by atoms with Gasteiger partial charge in [-0.05, 0) is 56.7 Å². The molecule has 0 bridgehead atoms. The van der Waals surface area contributed by atoms with Crippen molar-refractivity contribution in [2.75, 3.05) is 24.3 Å². The van der Waals surface area contributed by atoms with Gasteiger partial charge in [0.25, 0.3) is 0 Å². The fourth-order valence-electron chi connectivity index (χ4n) is 3.11. The second kappa shape index (κ2) is 8.60. The van der Waals surface area contributed by atoms with Gasteiger partial charge in [0.05, 0.1) is 42.0 Å². The van der Waals surface area contributed by atoms with Gasteiger partial charge in [0.1, 0.15) is 0 Å². The number of benzene rings is 2. The van der Waals surface area contributed by atoms with E-state index >= 15 is 0 Å². The van der Waals surface area contributed by atoms with Crippen molar-refractivity contribution in [3.05, 3.63) is 71.0 Å². The smallest absolute Gasteiger partial charge is 0.337 e. The second-order valence-corrected chi connectivity index (χ2v) is 6.72. The van der Waals surface area contributed by atoms with Crippen LogP contribution >= 0.6 is 0 Å². The van der Waals surface area contributed by atoms with Crippen LogP contribution in [0.15, 0.2) is 48.5 Å². The minimum atomic E-state index is -0.390. The van der Waals surface area contributed by atoms with Gasteiger partial charge >= 0.3 is 5.97 Å². The van der Waals surface area contributed by atoms with Crippen LogP contribution in [0.3, 0.4) is 0 Å². The van der Waals surface area contributed by atoms with Gasteiger partial charge in [-0.1, -0.05) is 18.2 Å². The minimum absolute atomic E-state index is 0.0911. The number of para-hydroxylation sites is 1. The maximum atomic E-state index is 12.5. The second-order valence-electron chi connectivity index (χ2n) is 6.72. The average molecular weight is 392 g/mol. The number of carbonyl (C=O) groups excluding carboxylic acids is 2. The molecule has 0 aliphatic heterocycles. The minimum Gasteiger partial charge on any atom is -0.465 e. The number of aryl methyl sites for hydroxylation is 2. The highest BCUT2D eigenvalue weighted by molar-refractivity contribution is 5.95. The Morgan fingerprint density at radius 1 is 1.07 bits per heavy atom. The quantitative estimate of drug-likeness (QED) is 0.626. The number of carbonyl (C=O) groups is 2. The van der Waals surface area contributed by atoms with E-state index in [1.54, 1.807) is 18.2 Å². The van der Waals surface area contributed by atoms with Crippen LogP contribution in [0, 0.1) is 20.8 Å². The standard InChI is InChI=1S/C22H24N4O3/c1-14-12-17(22(28)29-4)10-11-19(14)23-13-20(27)24-21-15(2)25-26(16(21)3)18-8-6-5-7-9-18/h5-12,23H,13H2,1-4H3,(H,24,27). The van der Waals surface area contributed by atoms with Crippen molar-refractivity contribution in [1.29, 1.82) is 0 Å². The lowest BCUT2D eigenvalue weighted by atomic mass is 10.1. The van der Waals surface area contributed by atoms with E-state index in [0.29, 0.717) is 11.3 Å². The summed E-state index contributed by atoms with van der Waals surface area (Å²) in [6.45, 7) is 5.75. The molecule has 0 aliphatic rings. The van der Waals surface area contributed by atoms with Crippen LogP contribution in [0.25, 0.3) is 5.69 Å². The van der Waals surface area contributed by atoms with Crippen molar-refractivity contribution in [2.24, 2.45) is 0 Å². The van der Waals surface area contributed by atoms with Crippen LogP contribution in [0.2, 0.25) is 0 Å². The largest absolute Gasteiger partial charge is 0.465 e. The predicted molar refractivity (Wildman–Crippen MR) is 113 cm³/mol. The summed E-state index contributed by atoms with van der Waals surface area (Å²) in [5, 5.41) is 10.6. The molecular weight excluding hydrogens is 368 g/mol. The molecule has 7 nitrogen and oxygen atoms in total. The molecule has 3 rings (SSSR count). The number of esters is 1. The molecule has 2 aromatic carbocycles. The van der Waals surface area contributed by atoms with Crippen LogP contribution in [0.5, 0.6) is 0 Å². The molecule has 0 saturated heterocycles. The van der Waals surface area contributed by atoms with Crippen LogP contribution in [-0.4, -0.2) is 35.3 Å². The van der Waals surface area contributed by atoms with E-state index < -0.39 is 5.97 Å². The molecule has 2 N–H and O–H groups in total. The molecule has 0 spiro atoms. The summed E-state index contributed by atoms with van der Waals surface area (Å²) in [5.74, 6) is -0.570. The number of ether oxygens (including phenoxy) is 1. The highest BCUT2D eigenvalue weighted by Gasteiger charge is 2.15. The Morgan fingerprint density at radius 2 is 1.79 bits per heavy atom. The molecule has 0 radical (unpaired) electrons. The molecule has 0 saturated carbocycles. The summed E-state index contributed by atoms with van der Waals surface area (Å²) < 4.78 is 6.53. The third-order valence-corrected chi connectivity index (χ3v) is 4.64. The Kier molecular flexibility index (Phi) is 5.97. The number of hydrogen-bond donors (Lipinski definition) is 2. The molecule has 0 aliphatic carbocycles. The summed E-state index contributed by atoms with van der Waals surface area (Å²) in [5.41, 5.74) is 5.36. The van der Waals surface area contributed by atoms with Crippen molar-refractivity contribution in [1.82, 2.24) is 9.78 Å². The Morgan fingerprint density at radius 3 is 2.45 bits per heavy atom. The number of nitrogens with zero attached hydrogens (tertiary/aromatic N) is 2. The molecule has 0 unspecified atom stereocenters. The molecule has 1 aromatic heterocycles. The van der Waals surface area contributed by atoms with Gasteiger partial charge in [-0.15, -0.1) is 0 Å². The van der Waals surface area contributed by atoms with Gasteiger partial charge in [0, 0.05) is 5.69 Å². The monoisotopic (exact) mass is 392 g/mol. The van der Waals surface area contributed by atoms with Gasteiger partial charge in [0.15, 0.2) is 0 Å². The highest BCUT2D eigenvalue weighted by Crippen LogP contribution is 2.23. The molecule has 1 amide bonds. The van der Waals surface area contributed by atoms with Crippen molar-refractivity contribution >= 4 is 23.3 Å². The zero-order valence-corrected chi connectivity index (χ0v) is 16.9. The molecular formula is C22H24N4O3. The van der Waals surface area contributed by atoms with Crippen molar-refractivity contribution in [3.63, 3.8) is 0 Å². The number of aromatic nitrogens is 2. The lowest BCUT2D eigenvalue weighted by Crippen LogP contribution is -2.22. The first kappa shape index (κ1) is 20.1. The van der Waals surface area contributed by atoms with E-state index in [1.807, 2.05) is 55.8 Å². The molecule has 0 atom stereocenters. The number of hydrogen-bond acceptors (Lipinski definition) is 5. The van der Waals surface area contributed by atoms with Gasteiger partial charge in [-0.2, -0.15) is 5.10 Å². The summed E-state index contributed by atoms with van der Waals surface area (Å²) in [4.78, 5) is 24.1.